The van der Waals surface area contributed by atoms with Crippen LogP contribution in [0.1, 0.15) is 69.9 Å². The molecule has 4 fully saturated rings. The lowest BCUT2D eigenvalue weighted by molar-refractivity contribution is -0.0955. The van der Waals surface area contributed by atoms with E-state index in [9.17, 15) is 37.3 Å². The fourth-order valence-electron chi connectivity index (χ4n) is 11.2. The summed E-state index contributed by atoms with van der Waals surface area (Å²) in [6.45, 7) is 15.4. The predicted octanol–water partition coefficient (Wildman–Crippen LogP) is 8.45. The second kappa shape index (κ2) is 23.4. The van der Waals surface area contributed by atoms with Gasteiger partial charge >= 0.3 is 0 Å². The number of anilines is 3. The van der Waals surface area contributed by atoms with Gasteiger partial charge in [0.15, 0.2) is 34.4 Å². The Balaban J connectivity index is 0.000000243. The lowest BCUT2D eigenvalue weighted by Gasteiger charge is -2.45. The number of piperazine rings is 3. The molecule has 9 aromatic heterocycles. The van der Waals surface area contributed by atoms with E-state index in [1.54, 1.807) is 67.1 Å². The normalized spacial score (nSPS) is 20.8. The highest BCUT2D eigenvalue weighted by molar-refractivity contribution is 5.91. The van der Waals surface area contributed by atoms with E-state index < -0.39 is 57.7 Å². The predicted molar refractivity (Wildman–Crippen MR) is 331 cm³/mol. The zero-order valence-electron chi connectivity index (χ0n) is 48.8. The number of aliphatic hydroxyl groups is 3. The molecule has 0 amide bonds. The van der Waals surface area contributed by atoms with Crippen LogP contribution in [0.4, 0.5) is 39.4 Å². The van der Waals surface area contributed by atoms with Crippen LogP contribution < -0.4 is 30.7 Å². The molecule has 86 heavy (non-hydrogen) atoms. The number of hydrogen-bond donors (Lipinski definition) is 9. The van der Waals surface area contributed by atoms with Crippen molar-refractivity contribution < 1.29 is 45.8 Å². The van der Waals surface area contributed by atoms with Crippen LogP contribution in [0.3, 0.4) is 0 Å². The highest BCUT2D eigenvalue weighted by Crippen LogP contribution is 2.42. The van der Waals surface area contributed by atoms with Gasteiger partial charge in [-0.15, -0.1) is 0 Å². The van der Waals surface area contributed by atoms with Crippen LogP contribution >= 0.6 is 0 Å². The Kier molecular flexibility index (Phi) is 16.3. The molecule has 13 rings (SSSR count). The van der Waals surface area contributed by atoms with E-state index in [-0.39, 0.29) is 31.7 Å². The second-order valence-corrected chi connectivity index (χ2v) is 24.0. The van der Waals surface area contributed by atoms with Crippen LogP contribution in [0, 0.1) is 23.4 Å². The summed E-state index contributed by atoms with van der Waals surface area (Å²) in [7, 11) is 0. The summed E-state index contributed by atoms with van der Waals surface area (Å²) in [5, 5.41) is 65.2. The number of aromatic amines is 3. The van der Waals surface area contributed by atoms with Gasteiger partial charge < -0.3 is 46.0 Å². The van der Waals surface area contributed by atoms with E-state index in [0.717, 1.165) is 31.3 Å². The third kappa shape index (κ3) is 11.9. The lowest BCUT2D eigenvalue weighted by Crippen LogP contribution is -2.66. The van der Waals surface area contributed by atoms with Gasteiger partial charge in [0.2, 0.25) is 0 Å². The molecule has 4 aliphatic rings. The minimum Gasteiger partial charge on any atom is -0.388 e. The molecule has 1 saturated carbocycles. The monoisotopic (exact) mass is 1200 g/mol. The highest BCUT2D eigenvalue weighted by Gasteiger charge is 2.50. The molecule has 26 heteroatoms. The summed E-state index contributed by atoms with van der Waals surface area (Å²) < 4.78 is 72.9. The average Bonchev–Trinajstić information content (AvgIpc) is 1.22. The standard InChI is InChI=1S/2C20H24F2N6O.C20H23FN6O.6H2/c2*1-19(2,22)20(3,29)14-11-28(10-9-23-14)15-7-6-13(21)17(25-15)16-12-5-4-8-24-18(12)27-26-16;1-20(28,12-4-5-12)15-11-27(10-9-22-15)16-7-6-14(21)18(24-16)17-13-3-2-8-23-19(13)26-25-17;;;;;;/h2*4-8,14,23,29H,9-11H2,1-3H3,(H,24,26,27);2-3,6-8,12,15,22,28H,4-5,9-11H2,1H3,(H,23,25,26);6*1H. The first-order chi connectivity index (χ1) is 40.9. The molecule has 3 saturated heterocycles. The van der Waals surface area contributed by atoms with Crippen LogP contribution in [0.2, 0.25) is 0 Å². The molecule has 1 aliphatic carbocycles. The van der Waals surface area contributed by atoms with Crippen molar-refractivity contribution in [3.05, 3.63) is 109 Å². The summed E-state index contributed by atoms with van der Waals surface area (Å²) >= 11 is 0. The molecule has 0 radical (unpaired) electrons. The van der Waals surface area contributed by atoms with Gasteiger partial charge in [-0.1, -0.05) is 0 Å². The first-order valence-electron chi connectivity index (χ1n) is 28.8. The zero-order chi connectivity index (χ0) is 60.9. The molecular weight excluding hydrogens is 1120 g/mol. The van der Waals surface area contributed by atoms with Crippen molar-refractivity contribution >= 4 is 50.6 Å². The molecule has 0 aromatic carbocycles. The van der Waals surface area contributed by atoms with Gasteiger partial charge in [0.25, 0.3) is 0 Å². The fourth-order valence-corrected chi connectivity index (χ4v) is 11.2. The quantitative estimate of drug-likeness (QED) is 0.0519. The van der Waals surface area contributed by atoms with E-state index >= 15 is 0 Å². The highest BCUT2D eigenvalue weighted by atomic mass is 19.2. The Morgan fingerprint density at radius 3 is 1.09 bits per heavy atom. The first-order valence-corrected chi connectivity index (χ1v) is 28.8. The molecule has 0 bridgehead atoms. The molecule has 6 unspecified atom stereocenters. The molecule has 466 valence electrons. The number of H-pyrrole nitrogens is 3. The number of alkyl halides is 2. The molecule has 6 atom stereocenters. The molecule has 21 nitrogen and oxygen atoms in total. The van der Waals surface area contributed by atoms with Crippen molar-refractivity contribution in [2.24, 2.45) is 5.92 Å². The van der Waals surface area contributed by atoms with Crippen molar-refractivity contribution in [1.82, 2.24) is 76.4 Å². The third-order valence-electron chi connectivity index (χ3n) is 17.6. The summed E-state index contributed by atoms with van der Waals surface area (Å²) in [5.74, 6) is 0.777. The summed E-state index contributed by atoms with van der Waals surface area (Å²) in [6, 6.07) is 18.7. The van der Waals surface area contributed by atoms with Gasteiger partial charge in [-0.3, -0.25) is 15.3 Å². The third-order valence-corrected chi connectivity index (χ3v) is 17.6. The summed E-state index contributed by atoms with van der Waals surface area (Å²) in [5.41, 5.74) is -4.04. The van der Waals surface area contributed by atoms with E-state index in [1.165, 1.54) is 59.7 Å². The lowest BCUT2D eigenvalue weighted by atomic mass is 9.81. The number of rotatable bonds is 12. The molecular formula is C60H83F5N18O3. The number of halogens is 5. The van der Waals surface area contributed by atoms with Crippen molar-refractivity contribution in [2.75, 3.05) is 73.6 Å². The van der Waals surface area contributed by atoms with E-state index in [2.05, 4.69) is 81.3 Å². The number of fused-ring (bicyclic) bond motifs is 3. The smallest absolute Gasteiger partial charge is 0.181 e. The molecule has 0 spiro atoms. The maximum absolute atomic E-state index is 14.6. The Labute approximate surface area is 501 Å². The van der Waals surface area contributed by atoms with Crippen molar-refractivity contribution in [2.45, 2.75) is 108 Å². The SMILES string of the molecule is CC(C)(F)C(C)(O)C1CN(c2ccc(F)c(-c3[nH]nc4ncccc34)n2)CCN1.CC(C)(F)C(C)(O)C1CN(c2ccc(F)c(-c3[nH]nc4ncccc34)n2)CCN1.CC(O)(C1CC1)C1CN(c2ccc(F)c(-c3[nH]nc4ncccc34)n2)CCN1.[HH].[HH].[HH].[HH].[HH].[HH]. The maximum Gasteiger partial charge on any atom is 0.181 e. The Morgan fingerprint density at radius 2 is 0.779 bits per heavy atom. The van der Waals surface area contributed by atoms with Gasteiger partial charge in [-0.05, 0) is 140 Å². The minimum absolute atomic E-state index is 0. The van der Waals surface area contributed by atoms with Gasteiger partial charge in [-0.25, -0.2) is 51.9 Å². The minimum atomic E-state index is -1.79. The maximum atomic E-state index is 14.6. The Bertz CT molecular complexity index is 3720. The number of nitrogens with one attached hydrogen (secondary N) is 6. The van der Waals surface area contributed by atoms with Crippen molar-refractivity contribution in [3.8, 4) is 34.2 Å². The topological polar surface area (TPSA) is 270 Å². The van der Waals surface area contributed by atoms with Crippen molar-refractivity contribution in [3.63, 3.8) is 0 Å². The number of hydrogen-bond acceptors (Lipinski definition) is 18. The number of aromatic nitrogens is 12. The van der Waals surface area contributed by atoms with Gasteiger partial charge in [0.05, 0.1) is 40.8 Å². The van der Waals surface area contributed by atoms with E-state index in [1.807, 2.05) is 22.8 Å². The summed E-state index contributed by atoms with van der Waals surface area (Å²) in [6.07, 6.45) is 7.04. The molecule has 12 heterocycles. The Hall–Kier alpha value is -7.88. The Morgan fingerprint density at radius 1 is 0.465 bits per heavy atom. The number of pyridine rings is 6. The first kappa shape index (κ1) is 59.8. The molecule has 9 aromatic rings. The van der Waals surface area contributed by atoms with Crippen LogP contribution in [0.25, 0.3) is 67.3 Å². The molecule has 9 N–H and O–H groups in total. The second-order valence-electron chi connectivity index (χ2n) is 24.0. The zero-order valence-corrected chi connectivity index (χ0v) is 48.8. The average molecular weight is 1200 g/mol. The van der Waals surface area contributed by atoms with Crippen LogP contribution in [0.5, 0.6) is 0 Å². The van der Waals surface area contributed by atoms with Crippen LogP contribution in [-0.4, -0.2) is 181 Å². The van der Waals surface area contributed by atoms with Crippen LogP contribution in [0.15, 0.2) is 91.4 Å². The van der Waals surface area contributed by atoms with E-state index in [4.69, 9.17) is 0 Å². The summed E-state index contributed by atoms with van der Waals surface area (Å²) in [4.78, 5) is 32.1. The van der Waals surface area contributed by atoms with Crippen LogP contribution in [-0.2, 0) is 0 Å². The van der Waals surface area contributed by atoms with E-state index in [0.29, 0.717) is 114 Å². The fraction of sp³-hybridized carbons (Fsp3) is 0.450. The number of nitrogens with zero attached hydrogens (tertiary/aromatic N) is 12. The van der Waals surface area contributed by atoms with Crippen molar-refractivity contribution in [1.29, 1.82) is 0 Å². The van der Waals surface area contributed by atoms with Gasteiger partial charge in [0, 0.05) is 102 Å². The van der Waals surface area contributed by atoms with Gasteiger partial charge in [-0.2, -0.15) is 15.3 Å². The van der Waals surface area contributed by atoms with Gasteiger partial charge in [0.1, 0.15) is 57.1 Å². The largest absolute Gasteiger partial charge is 0.388 e. The molecule has 3 aliphatic heterocycles.